The van der Waals surface area contributed by atoms with Gasteiger partial charge in [0, 0.05) is 37.6 Å². The zero-order valence-corrected chi connectivity index (χ0v) is 19.8. The van der Waals surface area contributed by atoms with Crippen molar-refractivity contribution in [1.82, 2.24) is 19.5 Å². The van der Waals surface area contributed by atoms with Crippen LogP contribution in [0.5, 0.6) is 5.75 Å². The SMILES string of the molecule is CC(Oc1ccc(-c2cn(C)cn2)cc1)C(=O)Nc1ncc(-c2ccc(N3CCOCC3)cc2)[nH]1. The number of hydrogen-bond acceptors (Lipinski definition) is 6. The van der Waals surface area contributed by atoms with Crippen molar-refractivity contribution in [3.05, 3.63) is 67.3 Å². The first-order valence-corrected chi connectivity index (χ1v) is 11.6. The van der Waals surface area contributed by atoms with E-state index >= 15 is 0 Å². The number of amides is 1. The van der Waals surface area contributed by atoms with Crippen LogP contribution in [0.2, 0.25) is 0 Å². The van der Waals surface area contributed by atoms with E-state index in [1.54, 1.807) is 19.4 Å². The molecule has 3 heterocycles. The molecule has 1 saturated heterocycles. The van der Waals surface area contributed by atoms with Crippen molar-refractivity contribution < 1.29 is 14.3 Å². The molecule has 1 unspecified atom stereocenters. The average Bonchev–Trinajstić information content (AvgIpc) is 3.54. The van der Waals surface area contributed by atoms with Gasteiger partial charge < -0.3 is 23.9 Å². The maximum atomic E-state index is 12.6. The van der Waals surface area contributed by atoms with Gasteiger partial charge in [0.2, 0.25) is 5.95 Å². The fraction of sp³-hybridized carbons (Fsp3) is 0.269. The Balaban J connectivity index is 1.17. The fourth-order valence-corrected chi connectivity index (χ4v) is 3.95. The predicted octanol–water partition coefficient (Wildman–Crippen LogP) is 3.72. The van der Waals surface area contributed by atoms with Gasteiger partial charge in [-0.3, -0.25) is 10.1 Å². The van der Waals surface area contributed by atoms with Crippen LogP contribution in [0.4, 0.5) is 11.6 Å². The van der Waals surface area contributed by atoms with E-state index in [0.717, 1.165) is 48.8 Å². The number of aromatic amines is 1. The van der Waals surface area contributed by atoms with Gasteiger partial charge in [0.1, 0.15) is 5.75 Å². The average molecular weight is 473 g/mol. The van der Waals surface area contributed by atoms with Crippen molar-refractivity contribution >= 4 is 17.5 Å². The molecular weight excluding hydrogens is 444 g/mol. The lowest BCUT2D eigenvalue weighted by atomic mass is 10.1. The summed E-state index contributed by atoms with van der Waals surface area (Å²) in [6.07, 6.45) is 4.72. The first-order chi connectivity index (χ1) is 17.0. The Bertz CT molecular complexity index is 1270. The molecule has 1 fully saturated rings. The molecule has 0 radical (unpaired) electrons. The lowest BCUT2D eigenvalue weighted by Gasteiger charge is -2.28. The molecule has 9 nitrogen and oxygen atoms in total. The number of imidazole rings is 2. The summed E-state index contributed by atoms with van der Waals surface area (Å²) in [5, 5.41) is 2.79. The largest absolute Gasteiger partial charge is 0.481 e. The minimum absolute atomic E-state index is 0.289. The number of aryl methyl sites for hydroxylation is 1. The van der Waals surface area contributed by atoms with Crippen LogP contribution in [0.15, 0.2) is 67.3 Å². The lowest BCUT2D eigenvalue weighted by Crippen LogP contribution is -2.36. The Morgan fingerprint density at radius 3 is 2.46 bits per heavy atom. The Hall–Kier alpha value is -4.11. The second-order valence-corrected chi connectivity index (χ2v) is 8.49. The number of anilines is 2. The number of H-pyrrole nitrogens is 1. The van der Waals surface area contributed by atoms with Gasteiger partial charge in [0.15, 0.2) is 6.10 Å². The molecule has 0 bridgehead atoms. The van der Waals surface area contributed by atoms with Gasteiger partial charge in [-0.05, 0) is 48.9 Å². The Morgan fingerprint density at radius 1 is 1.06 bits per heavy atom. The number of ether oxygens (including phenoxy) is 2. The molecule has 0 aliphatic carbocycles. The maximum absolute atomic E-state index is 12.6. The third-order valence-corrected chi connectivity index (χ3v) is 5.91. The summed E-state index contributed by atoms with van der Waals surface area (Å²) in [5.41, 5.74) is 4.86. The smallest absolute Gasteiger partial charge is 0.267 e. The summed E-state index contributed by atoms with van der Waals surface area (Å²) < 4.78 is 13.1. The first-order valence-electron chi connectivity index (χ1n) is 11.6. The highest BCUT2D eigenvalue weighted by Crippen LogP contribution is 2.24. The highest BCUT2D eigenvalue weighted by molar-refractivity contribution is 5.92. The molecule has 1 atom stereocenters. The van der Waals surface area contributed by atoms with Gasteiger partial charge in [0.05, 0.1) is 37.1 Å². The van der Waals surface area contributed by atoms with E-state index in [-0.39, 0.29) is 5.91 Å². The number of benzene rings is 2. The second-order valence-electron chi connectivity index (χ2n) is 8.49. The maximum Gasteiger partial charge on any atom is 0.267 e. The Kier molecular flexibility index (Phi) is 6.49. The van der Waals surface area contributed by atoms with Crippen LogP contribution in [-0.2, 0) is 16.6 Å². The number of rotatable bonds is 7. The van der Waals surface area contributed by atoms with Gasteiger partial charge in [-0.15, -0.1) is 0 Å². The van der Waals surface area contributed by atoms with Gasteiger partial charge >= 0.3 is 0 Å². The molecular formula is C26H28N6O3. The van der Waals surface area contributed by atoms with Crippen molar-refractivity contribution in [2.45, 2.75) is 13.0 Å². The van der Waals surface area contributed by atoms with E-state index in [0.29, 0.717) is 11.7 Å². The van der Waals surface area contributed by atoms with E-state index in [4.69, 9.17) is 9.47 Å². The highest BCUT2D eigenvalue weighted by atomic mass is 16.5. The third-order valence-electron chi connectivity index (χ3n) is 5.91. The topological polar surface area (TPSA) is 97.3 Å². The van der Waals surface area contributed by atoms with Crippen molar-refractivity contribution in [2.75, 3.05) is 36.5 Å². The summed E-state index contributed by atoms with van der Waals surface area (Å²) in [4.78, 5) is 26.8. The summed E-state index contributed by atoms with van der Waals surface area (Å²) in [5.74, 6) is 0.693. The molecule has 1 aliphatic rings. The standard InChI is InChI=1S/C26H28N6O3/c1-18(35-22-9-5-20(6-10-22)24-16-31(2)17-28-24)25(33)30-26-27-15-23(29-26)19-3-7-21(8-4-19)32-11-13-34-14-12-32/h3-10,15-18H,11-14H2,1-2H3,(H2,27,29,30,33). The zero-order valence-electron chi connectivity index (χ0n) is 19.8. The van der Waals surface area contributed by atoms with Crippen LogP contribution in [0, 0.1) is 0 Å². The fourth-order valence-electron chi connectivity index (χ4n) is 3.95. The van der Waals surface area contributed by atoms with E-state index in [1.165, 1.54) is 5.69 Å². The van der Waals surface area contributed by atoms with Crippen molar-refractivity contribution in [2.24, 2.45) is 7.05 Å². The number of hydrogen-bond donors (Lipinski definition) is 2. The van der Waals surface area contributed by atoms with Crippen LogP contribution in [-0.4, -0.2) is 57.8 Å². The molecule has 35 heavy (non-hydrogen) atoms. The number of nitrogens with one attached hydrogen (secondary N) is 2. The summed E-state index contributed by atoms with van der Waals surface area (Å²) >= 11 is 0. The van der Waals surface area contributed by atoms with Crippen LogP contribution < -0.4 is 15.0 Å². The Morgan fingerprint density at radius 2 is 1.77 bits per heavy atom. The van der Waals surface area contributed by atoms with Gasteiger partial charge in [-0.1, -0.05) is 12.1 Å². The highest BCUT2D eigenvalue weighted by Gasteiger charge is 2.17. The summed E-state index contributed by atoms with van der Waals surface area (Å²) in [6, 6.07) is 15.8. The van der Waals surface area contributed by atoms with E-state index < -0.39 is 6.10 Å². The van der Waals surface area contributed by atoms with Gasteiger partial charge in [-0.25, -0.2) is 9.97 Å². The lowest BCUT2D eigenvalue weighted by molar-refractivity contribution is -0.122. The summed E-state index contributed by atoms with van der Waals surface area (Å²) in [6.45, 7) is 5.01. The first kappa shape index (κ1) is 22.7. The molecule has 0 spiro atoms. The number of morpholine rings is 1. The monoisotopic (exact) mass is 472 g/mol. The molecule has 5 rings (SSSR count). The molecule has 0 saturated carbocycles. The van der Waals surface area contributed by atoms with Gasteiger partial charge in [-0.2, -0.15) is 0 Å². The van der Waals surface area contributed by atoms with Crippen LogP contribution in [0.25, 0.3) is 22.5 Å². The molecule has 1 amide bonds. The van der Waals surface area contributed by atoms with E-state index in [9.17, 15) is 4.79 Å². The van der Waals surface area contributed by atoms with Crippen LogP contribution in [0.3, 0.4) is 0 Å². The molecule has 2 N–H and O–H groups in total. The van der Waals surface area contributed by atoms with Crippen LogP contribution in [0.1, 0.15) is 6.92 Å². The van der Waals surface area contributed by atoms with Crippen molar-refractivity contribution in [3.63, 3.8) is 0 Å². The number of aromatic nitrogens is 4. The number of carbonyl (C=O) groups excluding carboxylic acids is 1. The number of nitrogens with zero attached hydrogens (tertiary/aromatic N) is 4. The molecule has 4 aromatic rings. The van der Waals surface area contributed by atoms with E-state index in [2.05, 4.69) is 37.3 Å². The molecule has 180 valence electrons. The molecule has 2 aromatic heterocycles. The second kappa shape index (κ2) is 10.0. The molecule has 1 aliphatic heterocycles. The third kappa shape index (κ3) is 5.36. The quantitative estimate of drug-likeness (QED) is 0.426. The zero-order chi connectivity index (χ0) is 24.2. The summed E-state index contributed by atoms with van der Waals surface area (Å²) in [7, 11) is 1.93. The normalized spacial score (nSPS) is 14.5. The minimum atomic E-state index is -0.697. The molecule has 9 heteroatoms. The minimum Gasteiger partial charge on any atom is -0.481 e. The molecule has 2 aromatic carbocycles. The van der Waals surface area contributed by atoms with E-state index in [1.807, 2.05) is 54.2 Å². The van der Waals surface area contributed by atoms with Crippen molar-refractivity contribution in [1.29, 1.82) is 0 Å². The Labute approximate surface area is 203 Å². The van der Waals surface area contributed by atoms with Crippen LogP contribution >= 0.6 is 0 Å². The van der Waals surface area contributed by atoms with Crippen molar-refractivity contribution in [3.8, 4) is 28.3 Å². The van der Waals surface area contributed by atoms with Gasteiger partial charge in [0.25, 0.3) is 5.91 Å². The number of carbonyl (C=O) groups is 1. The predicted molar refractivity (Wildman–Crippen MR) is 134 cm³/mol.